The molecule has 9 atom stereocenters. The van der Waals surface area contributed by atoms with Crippen molar-refractivity contribution in [3.63, 3.8) is 0 Å². The summed E-state index contributed by atoms with van der Waals surface area (Å²) in [5.41, 5.74) is -3.82. The third kappa shape index (κ3) is 7.68. The van der Waals surface area contributed by atoms with Gasteiger partial charge >= 0.3 is 31.3 Å². The van der Waals surface area contributed by atoms with Crippen molar-refractivity contribution < 1.29 is 60.5 Å². The van der Waals surface area contributed by atoms with Crippen molar-refractivity contribution in [2.75, 3.05) is 27.4 Å². The van der Waals surface area contributed by atoms with E-state index in [0.717, 1.165) is 36.2 Å². The van der Waals surface area contributed by atoms with Gasteiger partial charge in [0.1, 0.15) is 36.6 Å². The van der Waals surface area contributed by atoms with Crippen LogP contribution in [-0.2, 0) is 37.4 Å². The first kappa shape index (κ1) is 34.4. The van der Waals surface area contributed by atoms with E-state index in [1.807, 2.05) is 9.97 Å². The van der Waals surface area contributed by atoms with Gasteiger partial charge in [0.2, 0.25) is 0 Å². The summed E-state index contributed by atoms with van der Waals surface area (Å²) in [6, 6.07) is -0.264. The summed E-state index contributed by atoms with van der Waals surface area (Å²) in [5, 5.41) is 12.5. The van der Waals surface area contributed by atoms with Crippen LogP contribution < -0.4 is 27.8 Å². The van der Waals surface area contributed by atoms with E-state index in [4.69, 9.17) is 28.0 Å². The van der Waals surface area contributed by atoms with Crippen LogP contribution in [0.5, 0.6) is 0 Å². The Bertz CT molecular complexity index is 1660. The molecule has 0 aliphatic carbocycles. The monoisotopic (exact) mass is 673 g/mol. The zero-order chi connectivity index (χ0) is 33.3. The summed E-state index contributed by atoms with van der Waals surface area (Å²) in [4.78, 5) is 74.3. The van der Waals surface area contributed by atoms with E-state index in [2.05, 4.69) is 0 Å². The molecule has 4 rings (SSSR count). The molecule has 19 nitrogen and oxygen atoms in total. The highest BCUT2D eigenvalue weighted by Gasteiger charge is 2.55. The van der Waals surface area contributed by atoms with Crippen molar-refractivity contribution in [3.8, 4) is 0 Å². The largest absolute Gasteiger partial charge is 0.473 e. The first-order valence-electron chi connectivity index (χ1n) is 12.7. The van der Waals surface area contributed by atoms with Gasteiger partial charge in [0, 0.05) is 38.7 Å². The molecule has 45 heavy (non-hydrogen) atoms. The number of aliphatic hydroxyl groups is 1. The van der Waals surface area contributed by atoms with Gasteiger partial charge in [0.25, 0.3) is 11.1 Å². The number of phosphoric ester groups is 1. The van der Waals surface area contributed by atoms with E-state index in [1.54, 1.807) is 5.32 Å². The Labute approximate surface area is 248 Å². The molecule has 2 fully saturated rings. The maximum absolute atomic E-state index is 13.3. The molecule has 0 bridgehead atoms. The number of carbonyl (C=O) groups excluding carboxylic acids is 1. The third-order valence-electron chi connectivity index (χ3n) is 6.63. The van der Waals surface area contributed by atoms with Crippen LogP contribution >= 0.6 is 7.82 Å². The van der Waals surface area contributed by atoms with Gasteiger partial charge in [-0.3, -0.25) is 42.5 Å². The van der Waals surface area contributed by atoms with Crippen LogP contribution in [0.15, 0.2) is 43.7 Å². The molecule has 2 aliphatic heterocycles. The average molecular weight is 673 g/mol. The van der Waals surface area contributed by atoms with Gasteiger partial charge in [-0.05, 0) is 0 Å². The van der Waals surface area contributed by atoms with Crippen molar-refractivity contribution in [2.24, 2.45) is 0 Å². The Morgan fingerprint density at radius 3 is 1.89 bits per heavy atom. The average Bonchev–Trinajstić information content (AvgIpc) is 3.40. The molecule has 23 heteroatoms. The van der Waals surface area contributed by atoms with E-state index < -0.39 is 98.0 Å². The Morgan fingerprint density at radius 2 is 1.40 bits per heavy atom. The lowest BCUT2D eigenvalue weighted by Crippen LogP contribution is -2.52. The maximum Gasteiger partial charge on any atom is 0.473 e. The van der Waals surface area contributed by atoms with Crippen LogP contribution in [-0.4, -0.2) is 105 Å². The predicted molar refractivity (Wildman–Crippen MR) is 138 cm³/mol. The smallest absolute Gasteiger partial charge is 0.386 e. The van der Waals surface area contributed by atoms with Crippen LogP contribution in [0.3, 0.4) is 0 Å². The fraction of sp³-hybridized carbons (Fsp3) is 0.591. The van der Waals surface area contributed by atoms with E-state index in [9.17, 15) is 51.7 Å². The molecule has 0 saturated carbocycles. The first-order chi connectivity index (χ1) is 21.1. The molecule has 1 unspecified atom stereocenters. The number of aromatic amines is 2. The summed E-state index contributed by atoms with van der Waals surface area (Å²) in [6.07, 6.45) is -15.6. The molecule has 2 aromatic heterocycles. The van der Waals surface area contributed by atoms with Crippen LogP contribution in [0.1, 0.15) is 12.5 Å². The number of hydrogen-bond donors (Lipinski definition) is 5. The molecule has 5 N–H and O–H groups in total. The van der Waals surface area contributed by atoms with Crippen LogP contribution in [0.2, 0.25) is 0 Å². The summed E-state index contributed by atoms with van der Waals surface area (Å²) < 4.78 is 86.1. The second-order valence-corrected chi connectivity index (χ2v) is 11.0. The van der Waals surface area contributed by atoms with Gasteiger partial charge in [-0.1, -0.05) is 0 Å². The van der Waals surface area contributed by atoms with Crippen molar-refractivity contribution in [2.45, 2.75) is 55.2 Å². The Hall–Kier alpha value is -3.47. The fourth-order valence-electron chi connectivity index (χ4n) is 4.76. The van der Waals surface area contributed by atoms with Gasteiger partial charge in [0.05, 0.1) is 13.2 Å². The minimum atomic E-state index is -5.50. The summed E-state index contributed by atoms with van der Waals surface area (Å²) in [6.45, 7) is -0.896. The van der Waals surface area contributed by atoms with Gasteiger partial charge in [-0.2, -0.15) is 13.2 Å². The lowest BCUT2D eigenvalue weighted by molar-refractivity contribution is -0.175. The molecule has 0 radical (unpaired) electrons. The van der Waals surface area contributed by atoms with Gasteiger partial charge < -0.3 is 34.3 Å². The number of aliphatic hydroxyl groups excluding tert-OH is 1. The number of halogens is 3. The molecule has 2 aliphatic rings. The lowest BCUT2D eigenvalue weighted by atomic mass is 10.1. The minimum absolute atomic E-state index is 0.378. The third-order valence-corrected chi connectivity index (χ3v) is 7.65. The normalized spacial score (nSPS) is 29.8. The summed E-state index contributed by atoms with van der Waals surface area (Å²) >= 11 is 0. The number of carbonyl (C=O) groups is 1. The number of aromatic nitrogens is 4. The molecule has 4 heterocycles. The SMILES string of the molecule is COC[C@H]1O[C@@H](n2ccc(=O)[nH]c2=O)[C@H](O)[C@@H]1OP(=O)(O)O[C@H]1[C@@H](NC(=O)C(F)(F)F)[C@H](n2ccc(=O)[nH]c2=O)O[C@@H]1COC. The molecule has 1 amide bonds. The number of H-pyrrole nitrogens is 2. The quantitative estimate of drug-likeness (QED) is 0.154. The topological polar surface area (TPSA) is 252 Å². The molecule has 2 saturated heterocycles. The fourth-order valence-corrected chi connectivity index (χ4v) is 5.95. The number of methoxy groups -OCH3 is 2. The second kappa shape index (κ2) is 13.5. The zero-order valence-corrected chi connectivity index (χ0v) is 24.0. The van der Waals surface area contributed by atoms with Crippen LogP contribution in [0.4, 0.5) is 13.2 Å². The van der Waals surface area contributed by atoms with Gasteiger partial charge in [0.15, 0.2) is 12.5 Å². The van der Waals surface area contributed by atoms with Crippen molar-refractivity contribution in [3.05, 3.63) is 66.2 Å². The highest BCUT2D eigenvalue weighted by atomic mass is 31.2. The highest BCUT2D eigenvalue weighted by Crippen LogP contribution is 2.52. The van der Waals surface area contributed by atoms with E-state index >= 15 is 0 Å². The Balaban J connectivity index is 1.66. The molecule has 0 aromatic carbocycles. The van der Waals surface area contributed by atoms with Crippen molar-refractivity contribution in [1.82, 2.24) is 24.4 Å². The standard InChI is InChI=1S/C22H27F3N5O14P/c1-39-7-9-15(13(28-19(34)22(23,24)25)17(41-9)29-5-3-11(31)26-20(29)35)43-45(37,38)44-16-10(8-40-2)42-18(14(16)33)30-6-4-12(32)27-21(30)36/h3-6,9-10,13-18,33H,7-8H2,1-2H3,(H,28,34)(H,37,38)(H,26,31,35)(H,27,32,36)/t9-,10-,13-,14-,15-,16-,17-,18-/m1/s1. The van der Waals surface area contributed by atoms with Gasteiger partial charge in [-0.15, -0.1) is 0 Å². The number of rotatable bonds is 11. The summed E-state index contributed by atoms with van der Waals surface area (Å²) in [7, 11) is -3.16. The Kier molecular flexibility index (Phi) is 10.3. The second-order valence-electron chi connectivity index (χ2n) is 9.67. The first-order valence-corrected chi connectivity index (χ1v) is 14.2. The number of hydrogen-bond acceptors (Lipinski definition) is 13. The highest BCUT2D eigenvalue weighted by molar-refractivity contribution is 7.47. The van der Waals surface area contributed by atoms with Crippen molar-refractivity contribution >= 4 is 13.7 Å². The van der Waals surface area contributed by atoms with Crippen molar-refractivity contribution in [1.29, 1.82) is 0 Å². The molecular weight excluding hydrogens is 646 g/mol. The Morgan fingerprint density at radius 1 is 0.933 bits per heavy atom. The number of nitrogens with zero attached hydrogens (tertiary/aromatic N) is 2. The summed E-state index contributed by atoms with van der Waals surface area (Å²) in [5.74, 6) is -2.53. The number of amides is 1. The van der Waals surface area contributed by atoms with E-state index in [0.29, 0.717) is 4.57 Å². The van der Waals surface area contributed by atoms with E-state index in [-0.39, 0.29) is 6.61 Å². The maximum atomic E-state index is 13.3. The molecular formula is C22H27F3N5O14P. The van der Waals surface area contributed by atoms with Crippen LogP contribution in [0.25, 0.3) is 0 Å². The minimum Gasteiger partial charge on any atom is -0.386 e. The predicted octanol–water partition coefficient (Wildman–Crippen LogP) is -2.55. The number of ether oxygens (including phenoxy) is 4. The molecule has 250 valence electrons. The van der Waals surface area contributed by atoms with Gasteiger partial charge in [-0.25, -0.2) is 14.2 Å². The van der Waals surface area contributed by atoms with Crippen LogP contribution in [0, 0.1) is 0 Å². The number of alkyl halides is 3. The van der Waals surface area contributed by atoms with E-state index in [1.165, 1.54) is 7.11 Å². The number of nitrogens with one attached hydrogen (secondary N) is 3. The molecule has 2 aromatic rings. The number of phosphoric acid groups is 1. The lowest BCUT2D eigenvalue weighted by Gasteiger charge is -2.29. The zero-order valence-electron chi connectivity index (χ0n) is 23.1. The molecule has 0 spiro atoms.